The summed E-state index contributed by atoms with van der Waals surface area (Å²) in [6.07, 6.45) is 19.2. The van der Waals surface area contributed by atoms with E-state index in [1.165, 1.54) is 16.8 Å². The SMILES string of the molecule is C.Cc1cnc(C2CCOCC2)[nH]1.Cc1cnc(C2CCOCC2)[nH]1.Cc1cnc(C2CCOCC2)[nH]1.Cc1cnc(C2CCOCC2)n1NC(=O)NC(=O)c1ccccc1.N=N[N-]O.NOP(=O)(c1ccccc1)c1ccccc1.O=C(C(Br)Br)C(F)(F)F.O=C=NC(=O)c1ccccc1.O=C=O.O=C=O.O=C=O.O=CC1CCOCC1.O=CO[O-].O=P(Cl)(Cl)Cl.O=c1[nH]c(=O)c2cnc(C3CCOCC3)n2[nH]1.[2H]CS.[H-].[H-].[K+].[K+].[Li+].[Na+]. The fraction of sp³-hybridized carbons (Fsp3) is 0.427. The van der Waals surface area contributed by atoms with Crippen molar-refractivity contribution in [1.29, 1.82) is 5.53 Å². The molecule has 10 aromatic rings. The van der Waals surface area contributed by atoms with Crippen LogP contribution in [0.4, 0.5) is 18.0 Å². The quantitative estimate of drug-likeness (QED) is 0.00668. The number of rotatable bonds is 15. The first-order valence-electron chi connectivity index (χ1n) is 43.6. The molecule has 6 aliphatic heterocycles. The molecule has 804 valence electrons. The van der Waals surface area contributed by atoms with E-state index in [9.17, 15) is 60.7 Å². The molecular weight excluding hydrogens is 2290 g/mol. The first kappa shape index (κ1) is 149. The van der Waals surface area contributed by atoms with Gasteiger partial charge < -0.3 is 71.9 Å². The molecule has 6 aromatic heterocycles. The van der Waals surface area contributed by atoms with Gasteiger partial charge in [0.2, 0.25) is 6.08 Å². The minimum atomic E-state index is -4.75. The van der Waals surface area contributed by atoms with Gasteiger partial charge in [0, 0.05) is 174 Å². The van der Waals surface area contributed by atoms with E-state index in [1.807, 2.05) is 94.3 Å². The van der Waals surface area contributed by atoms with E-state index < -0.39 is 57.4 Å². The van der Waals surface area contributed by atoms with E-state index in [0.29, 0.717) is 71.4 Å². The summed E-state index contributed by atoms with van der Waals surface area (Å²) in [6, 6.07) is 34.3. The number of aromatic nitrogens is 12. The molecule has 150 heavy (non-hydrogen) atoms. The zero-order valence-electron chi connectivity index (χ0n) is 85.3. The van der Waals surface area contributed by atoms with Gasteiger partial charge in [-0.1, -0.05) is 112 Å². The number of thiol groups is 1. The van der Waals surface area contributed by atoms with Crippen LogP contribution < -0.4 is 195 Å². The van der Waals surface area contributed by atoms with Crippen LogP contribution in [0.25, 0.3) is 11.1 Å². The Balaban J connectivity index is -0.000000307. The normalized spacial score (nSPS) is 13.9. The number of carbonyl (C=O) groups excluding carboxylic acids is 13. The Bertz CT molecular complexity index is 5580. The van der Waals surface area contributed by atoms with Crippen LogP contribution in [0.5, 0.6) is 0 Å². The minimum absolute atomic E-state index is 0. The zero-order chi connectivity index (χ0) is 109. The second-order valence-electron chi connectivity index (χ2n) is 29.4. The van der Waals surface area contributed by atoms with Crippen molar-refractivity contribution in [3.8, 4) is 0 Å². The molecule has 0 spiro atoms. The molecule has 6 aliphatic rings. The van der Waals surface area contributed by atoms with Gasteiger partial charge in [-0.15, -0.1) is 4.99 Å². The minimum Gasteiger partial charge on any atom is -1.00 e. The van der Waals surface area contributed by atoms with Gasteiger partial charge in [-0.3, -0.25) is 54.2 Å². The van der Waals surface area contributed by atoms with Crippen LogP contribution in [0.3, 0.4) is 0 Å². The molecular formula is C89H115Br2Cl3F3K2LiN19NaO27P2S. The van der Waals surface area contributed by atoms with Crippen LogP contribution in [0, 0.1) is 39.1 Å². The van der Waals surface area contributed by atoms with Crippen LogP contribution >= 0.6 is 90.8 Å². The molecule has 0 radical (unpaired) electrons. The Labute approximate surface area is 1020 Å². The third-order valence-corrected chi connectivity index (χ3v) is 22.7. The van der Waals surface area contributed by atoms with E-state index >= 15 is 0 Å². The molecule has 11 N–H and O–H groups in total. The van der Waals surface area contributed by atoms with Crippen molar-refractivity contribution >= 4 is 168 Å². The summed E-state index contributed by atoms with van der Waals surface area (Å²) in [5, 5.41) is 20.6. The molecule has 61 heteroatoms. The van der Waals surface area contributed by atoms with Crippen molar-refractivity contribution in [2.24, 2.45) is 22.0 Å². The Kier molecular flexibility index (Phi) is 90.8. The number of benzene rings is 4. The molecule has 4 aromatic carbocycles. The molecule has 12 heterocycles. The van der Waals surface area contributed by atoms with Crippen molar-refractivity contribution in [3.05, 3.63) is 242 Å². The number of ether oxygens (including phenoxy) is 6. The van der Waals surface area contributed by atoms with E-state index in [0.717, 1.165) is 188 Å². The Morgan fingerprint density at radius 3 is 1.20 bits per heavy atom. The zero-order valence-corrected chi connectivity index (χ0v) is 98.7. The Morgan fingerprint density at radius 1 is 0.607 bits per heavy atom. The predicted molar refractivity (Wildman–Crippen MR) is 534 cm³/mol. The van der Waals surface area contributed by atoms with Gasteiger partial charge in [0.15, 0.2) is 0 Å². The number of amides is 4. The molecule has 0 aliphatic carbocycles. The largest absolute Gasteiger partial charge is 1.00 e. The van der Waals surface area contributed by atoms with Crippen LogP contribution in [0.1, 0.15) is 191 Å². The van der Waals surface area contributed by atoms with Crippen molar-refractivity contribution in [1.82, 2.24) is 64.5 Å². The monoisotopic (exact) mass is 2400 g/mol. The molecule has 0 bridgehead atoms. The third kappa shape index (κ3) is 65.2. The number of carbonyl (C=O) groups is 6. The third-order valence-electron chi connectivity index (χ3n) is 19.6. The maximum absolute atomic E-state index is 12.6. The topological polar surface area (TPSA) is 673 Å². The number of hydrogen-bond acceptors (Lipinski definition) is 36. The molecule has 6 saturated heterocycles. The number of nitrogens with two attached hydrogens (primary N) is 1. The number of halogens is 8. The van der Waals surface area contributed by atoms with Gasteiger partial charge in [0.1, 0.15) is 44.7 Å². The number of isocyanates is 1. The number of alkyl halides is 5. The van der Waals surface area contributed by atoms with E-state index in [1.54, 1.807) is 89.7 Å². The summed E-state index contributed by atoms with van der Waals surface area (Å²) in [7, 11) is -3.13. The van der Waals surface area contributed by atoms with Gasteiger partial charge in [-0.25, -0.2) is 69.5 Å². The van der Waals surface area contributed by atoms with Crippen LogP contribution in [0.15, 0.2) is 172 Å². The second-order valence-corrected chi connectivity index (χ2v) is 41.4. The second kappa shape index (κ2) is 91.2. The van der Waals surface area contributed by atoms with Gasteiger partial charge in [-0.2, -0.15) is 54.6 Å². The molecule has 4 amide bonds. The fourth-order valence-electron chi connectivity index (χ4n) is 12.9. The molecule has 0 saturated carbocycles. The van der Waals surface area contributed by atoms with Gasteiger partial charge in [0.25, 0.3) is 37.0 Å². The maximum atomic E-state index is 12.6. The number of aromatic amines is 5. The average Bonchev–Trinajstić information content (AvgIpc) is 1.65. The predicted octanol–water partition coefficient (Wildman–Crippen LogP) is 2.05. The summed E-state index contributed by atoms with van der Waals surface area (Å²) in [6.45, 7) is 17.4. The van der Waals surface area contributed by atoms with E-state index in [4.69, 9.17) is 89.9 Å². The number of nitrogens with zero attached hydrogens (tertiary/aromatic N) is 10. The number of aryl methyl sites for hydroxylation is 4. The fourth-order valence-corrected chi connectivity index (χ4v) is 15.1. The molecule has 16 rings (SSSR count). The Hall–Kier alpha value is -6.89. The number of aliphatic imine (C=N–C) groups is 1. The van der Waals surface area contributed by atoms with Crippen LogP contribution in [0.2, 0.25) is 0 Å². The number of urea groups is 1. The van der Waals surface area contributed by atoms with E-state index in [-0.39, 0.29) is 210 Å². The summed E-state index contributed by atoms with van der Waals surface area (Å²) >= 11 is 22.2. The molecule has 6 fully saturated rings. The number of imidazole rings is 5. The number of hydrogen-bond donors (Lipinski definition) is 11. The van der Waals surface area contributed by atoms with Gasteiger partial charge >= 0.3 is 193 Å². The summed E-state index contributed by atoms with van der Waals surface area (Å²) in [4.78, 5) is 184. The van der Waals surface area contributed by atoms with Crippen molar-refractivity contribution in [2.45, 2.75) is 152 Å². The average molecular weight is 2410 g/mol. The maximum Gasteiger partial charge on any atom is 1.00 e. The van der Waals surface area contributed by atoms with Gasteiger partial charge in [-0.05, 0) is 193 Å². The van der Waals surface area contributed by atoms with Gasteiger partial charge in [0.05, 0.1) is 18.1 Å². The first-order valence-corrected chi connectivity index (χ1v) is 51.4. The number of fused-ring (bicyclic) bond motifs is 1. The van der Waals surface area contributed by atoms with Crippen LogP contribution in [-0.2, 0) is 95.0 Å². The van der Waals surface area contributed by atoms with Crippen molar-refractivity contribution < 1.29 is 288 Å². The first-order chi connectivity index (χ1) is 69.9. The standard InChI is InChI=1S/C17H20N4O3.C12H12NO2P.C10H12N4O3.3C9H14N2O.C8H5NO2.C6H10O2.C3HBr2F3O.CH2O3.3CO2.CH4S.CH4.Cl3OP.2K.Li.H2N3O.Na.2H/c1-12-11-18-15(13-7-9-24-10-8-13)21(12)20-17(23)19-16(22)14-5-3-2-4-6-14;13-15-16(14,11-7-3-1-4-8-11)12-9-5-2-6-10-12;15-9-7-5-11-8(6-1-3-17-4-2-6)14(7)13-10(16)12-9;3*1-7-6-10-9(11-7)8-2-4-12-5-3-8;10-6-9-8(11)7-4-2-1-3-5-7;7-5-6-1-3-8-4-2-6;4-2(5)1(9)3(6,7)8;2-1-4-3;3*2-1-3;1-2;;1-5(2,3)4;;;;1-2-3-4;;;/h2-6,11,13H,7-10H2,1H3,(H2,19,20,22,23);1-10H,13H2;5-6H,1-4H2,(H2,12,13,15,16);3*6,8H,2-5H2,1H3,(H,10,11);1-5H;5-6H,1-4H2;2H;1,3H;;;;2H,1H3;1H4;;;;;(H2-,1,2,3,4);;;/q;;;;;;;;;;;;;;;;3*+1;-1;+1;2*-1/p-1/i;;;;;;;;;;;;;1D;;;;;;;;;. The number of Topliss-reactive ketones (excluding diaryl/α,β-unsaturated/α-hetero) is 1. The summed E-state index contributed by atoms with van der Waals surface area (Å²) < 4.78 is 100. The molecule has 46 nitrogen and oxygen atoms in total. The smallest absolute Gasteiger partial charge is 1.00 e. The number of ketones is 1. The van der Waals surface area contributed by atoms with Crippen molar-refractivity contribution in [3.63, 3.8) is 0 Å². The molecule has 0 atom stereocenters. The van der Waals surface area contributed by atoms with Crippen molar-refractivity contribution in [2.75, 3.05) is 90.9 Å². The number of H-pyrrole nitrogens is 5. The summed E-state index contributed by atoms with van der Waals surface area (Å²) in [5.41, 5.74) is 14.9. The van der Waals surface area contributed by atoms with E-state index in [2.05, 4.69) is 154 Å². The van der Waals surface area contributed by atoms with Crippen LogP contribution in [-0.4, -0.2) is 221 Å². The molecule has 0 unspecified atom stereocenters. The number of aldehydes is 1. The Morgan fingerprint density at radius 2 is 0.920 bits per heavy atom. The number of nitrogens with one attached hydrogen (secondary N) is 8. The number of imide groups is 1. The summed E-state index contributed by atoms with van der Waals surface area (Å²) in [5.74, 6) is 9.81.